The molecule has 2 heterocycles. The fourth-order valence-corrected chi connectivity index (χ4v) is 2.47. The normalized spacial score (nSPS) is 26.9. The Labute approximate surface area is 103 Å². The number of pyridine rings is 1. The van der Waals surface area contributed by atoms with Crippen LogP contribution in [0.1, 0.15) is 24.7 Å². The van der Waals surface area contributed by atoms with Crippen molar-refractivity contribution in [2.45, 2.75) is 32.2 Å². The third-order valence-corrected chi connectivity index (χ3v) is 3.85. The van der Waals surface area contributed by atoms with Gasteiger partial charge in [-0.05, 0) is 37.9 Å². The number of hydrogen-bond acceptors (Lipinski definition) is 2. The molecule has 2 nitrogen and oxygen atoms in total. The monoisotopic (exact) mass is 238 g/mol. The van der Waals surface area contributed by atoms with Crippen LogP contribution in [0.15, 0.2) is 18.2 Å². The Balaban J connectivity index is 1.95. The second kappa shape index (κ2) is 5.15. The van der Waals surface area contributed by atoms with Crippen LogP contribution in [0.3, 0.4) is 0 Å². The molecule has 0 saturated carbocycles. The van der Waals surface area contributed by atoms with Gasteiger partial charge in [-0.3, -0.25) is 9.88 Å². The Morgan fingerprint density at radius 2 is 2.31 bits per heavy atom. The fourth-order valence-electron chi connectivity index (χ4n) is 2.15. The van der Waals surface area contributed by atoms with E-state index in [1.165, 1.54) is 6.42 Å². The molecule has 2 unspecified atom stereocenters. The van der Waals surface area contributed by atoms with Crippen LogP contribution in [0.25, 0.3) is 0 Å². The fraction of sp³-hybridized carbons (Fsp3) is 0.615. The van der Waals surface area contributed by atoms with E-state index < -0.39 is 0 Å². The van der Waals surface area contributed by atoms with Gasteiger partial charge in [0.25, 0.3) is 0 Å². The van der Waals surface area contributed by atoms with Crippen molar-refractivity contribution in [1.82, 2.24) is 9.88 Å². The average molecular weight is 239 g/mol. The van der Waals surface area contributed by atoms with Gasteiger partial charge in [0.15, 0.2) is 0 Å². The quantitative estimate of drug-likeness (QED) is 0.737. The van der Waals surface area contributed by atoms with E-state index in [4.69, 9.17) is 11.6 Å². The lowest BCUT2D eigenvalue weighted by Gasteiger charge is -2.33. The Bertz CT molecular complexity index is 354. The number of alkyl halides is 1. The third kappa shape index (κ3) is 2.96. The molecule has 0 spiro atoms. The highest BCUT2D eigenvalue weighted by molar-refractivity contribution is 6.21. The molecule has 0 amide bonds. The Hall–Kier alpha value is -0.600. The van der Waals surface area contributed by atoms with E-state index in [1.807, 2.05) is 13.0 Å². The molecule has 1 fully saturated rings. The SMILES string of the molecule is Cc1cccc(CN2CCC(C)C(Cl)C2)n1. The van der Waals surface area contributed by atoms with Crippen molar-refractivity contribution < 1.29 is 0 Å². The van der Waals surface area contributed by atoms with Crippen LogP contribution in [0.4, 0.5) is 0 Å². The zero-order valence-electron chi connectivity index (χ0n) is 9.99. The van der Waals surface area contributed by atoms with Crippen LogP contribution in [0, 0.1) is 12.8 Å². The van der Waals surface area contributed by atoms with Crippen LogP contribution in [-0.2, 0) is 6.54 Å². The molecule has 2 rings (SSSR count). The molecule has 1 aromatic heterocycles. The van der Waals surface area contributed by atoms with E-state index in [0.29, 0.717) is 11.3 Å². The summed E-state index contributed by atoms with van der Waals surface area (Å²) in [6.07, 6.45) is 1.19. The molecule has 1 aliphatic heterocycles. The van der Waals surface area contributed by atoms with Crippen molar-refractivity contribution in [3.8, 4) is 0 Å². The van der Waals surface area contributed by atoms with Crippen molar-refractivity contribution in [2.75, 3.05) is 13.1 Å². The van der Waals surface area contributed by atoms with Crippen molar-refractivity contribution in [3.63, 3.8) is 0 Å². The maximum Gasteiger partial charge on any atom is 0.0547 e. The minimum Gasteiger partial charge on any atom is -0.296 e. The minimum atomic E-state index is 0.290. The van der Waals surface area contributed by atoms with Gasteiger partial charge < -0.3 is 0 Å². The summed E-state index contributed by atoms with van der Waals surface area (Å²) in [5.74, 6) is 0.642. The van der Waals surface area contributed by atoms with Crippen molar-refractivity contribution in [1.29, 1.82) is 0 Å². The smallest absolute Gasteiger partial charge is 0.0547 e. The molecule has 1 saturated heterocycles. The number of nitrogens with zero attached hydrogens (tertiary/aromatic N) is 2. The summed E-state index contributed by atoms with van der Waals surface area (Å²) >= 11 is 6.30. The van der Waals surface area contributed by atoms with Crippen LogP contribution in [0.2, 0.25) is 0 Å². The molecule has 0 N–H and O–H groups in total. The third-order valence-electron chi connectivity index (χ3n) is 3.28. The van der Waals surface area contributed by atoms with E-state index in [2.05, 4.69) is 28.9 Å². The standard InChI is InChI=1S/C13H19ClN2/c1-10-6-7-16(9-13(10)14)8-12-5-3-4-11(2)15-12/h3-5,10,13H,6-9H2,1-2H3. The minimum absolute atomic E-state index is 0.290. The van der Waals surface area contributed by atoms with E-state index in [1.54, 1.807) is 0 Å². The van der Waals surface area contributed by atoms with Crippen LogP contribution < -0.4 is 0 Å². The van der Waals surface area contributed by atoms with Crippen LogP contribution >= 0.6 is 11.6 Å². The zero-order valence-corrected chi connectivity index (χ0v) is 10.7. The van der Waals surface area contributed by atoms with E-state index in [0.717, 1.165) is 31.0 Å². The van der Waals surface area contributed by atoms with Gasteiger partial charge >= 0.3 is 0 Å². The zero-order chi connectivity index (χ0) is 11.5. The second-order valence-corrected chi connectivity index (χ2v) is 5.35. The largest absolute Gasteiger partial charge is 0.296 e. The number of rotatable bonds is 2. The van der Waals surface area contributed by atoms with Gasteiger partial charge in [0.1, 0.15) is 0 Å². The van der Waals surface area contributed by atoms with Crippen molar-refractivity contribution in [3.05, 3.63) is 29.6 Å². The Morgan fingerprint density at radius 3 is 3.00 bits per heavy atom. The molecule has 88 valence electrons. The number of hydrogen-bond donors (Lipinski definition) is 0. The van der Waals surface area contributed by atoms with E-state index in [-0.39, 0.29) is 0 Å². The lowest BCUT2D eigenvalue weighted by molar-refractivity contribution is 0.187. The summed E-state index contributed by atoms with van der Waals surface area (Å²) in [6, 6.07) is 6.20. The number of likely N-dealkylation sites (tertiary alicyclic amines) is 1. The van der Waals surface area contributed by atoms with Gasteiger partial charge in [0, 0.05) is 24.2 Å². The molecule has 0 bridgehead atoms. The lowest BCUT2D eigenvalue weighted by Crippen LogP contribution is -2.39. The first-order valence-electron chi connectivity index (χ1n) is 5.94. The predicted molar refractivity (Wildman–Crippen MR) is 67.7 cm³/mol. The first kappa shape index (κ1) is 11.9. The van der Waals surface area contributed by atoms with Gasteiger partial charge in [-0.2, -0.15) is 0 Å². The summed E-state index contributed by atoms with van der Waals surface area (Å²) in [4.78, 5) is 6.93. The summed E-state index contributed by atoms with van der Waals surface area (Å²) in [7, 11) is 0. The van der Waals surface area contributed by atoms with Gasteiger partial charge in [-0.15, -0.1) is 11.6 Å². The lowest BCUT2D eigenvalue weighted by atomic mass is 9.98. The topological polar surface area (TPSA) is 16.1 Å². The summed E-state index contributed by atoms with van der Waals surface area (Å²) in [5, 5.41) is 0.290. The van der Waals surface area contributed by atoms with Gasteiger partial charge in [-0.25, -0.2) is 0 Å². The Morgan fingerprint density at radius 1 is 1.50 bits per heavy atom. The number of halogens is 1. The maximum absolute atomic E-state index is 6.30. The highest BCUT2D eigenvalue weighted by atomic mass is 35.5. The molecule has 2 atom stereocenters. The maximum atomic E-state index is 6.30. The molecular formula is C13H19ClN2. The second-order valence-electron chi connectivity index (χ2n) is 4.79. The number of aromatic nitrogens is 1. The van der Waals surface area contributed by atoms with Gasteiger partial charge in [0.05, 0.1) is 5.69 Å². The predicted octanol–water partition coefficient (Wildman–Crippen LogP) is 2.84. The average Bonchev–Trinajstić information content (AvgIpc) is 2.24. The van der Waals surface area contributed by atoms with Crippen LogP contribution in [-0.4, -0.2) is 28.4 Å². The summed E-state index contributed by atoms with van der Waals surface area (Å²) in [5.41, 5.74) is 2.24. The Kier molecular flexibility index (Phi) is 3.82. The van der Waals surface area contributed by atoms with Crippen molar-refractivity contribution >= 4 is 11.6 Å². The number of piperidine rings is 1. The first-order chi connectivity index (χ1) is 7.65. The van der Waals surface area contributed by atoms with Gasteiger partial charge in [0.2, 0.25) is 0 Å². The molecule has 1 aliphatic rings. The summed E-state index contributed by atoms with van der Waals surface area (Å²) in [6.45, 7) is 7.32. The molecule has 1 aromatic rings. The molecule has 0 aromatic carbocycles. The van der Waals surface area contributed by atoms with Crippen molar-refractivity contribution in [2.24, 2.45) is 5.92 Å². The molecule has 16 heavy (non-hydrogen) atoms. The highest BCUT2D eigenvalue weighted by Gasteiger charge is 2.24. The van der Waals surface area contributed by atoms with Crippen LogP contribution in [0.5, 0.6) is 0 Å². The van der Waals surface area contributed by atoms with Gasteiger partial charge in [-0.1, -0.05) is 13.0 Å². The molecule has 3 heteroatoms. The highest BCUT2D eigenvalue weighted by Crippen LogP contribution is 2.22. The summed E-state index contributed by atoms with van der Waals surface area (Å²) < 4.78 is 0. The van der Waals surface area contributed by atoms with E-state index >= 15 is 0 Å². The molecular weight excluding hydrogens is 220 g/mol. The molecule has 0 aliphatic carbocycles. The number of aryl methyl sites for hydroxylation is 1. The van der Waals surface area contributed by atoms with E-state index in [9.17, 15) is 0 Å². The first-order valence-corrected chi connectivity index (χ1v) is 6.38. The molecule has 0 radical (unpaired) electrons.